The summed E-state index contributed by atoms with van der Waals surface area (Å²) >= 11 is 0. The zero-order valence-electron chi connectivity index (χ0n) is 27.1. The van der Waals surface area contributed by atoms with Gasteiger partial charge in [-0.05, 0) is 72.5 Å². The predicted octanol–water partition coefficient (Wildman–Crippen LogP) is 12.7. The number of aryl methyl sites for hydroxylation is 2. The highest BCUT2D eigenvalue weighted by Gasteiger charge is 2.33. The molecule has 1 heterocycles. The number of hydrogen-bond acceptors (Lipinski definition) is 0. The minimum absolute atomic E-state index is 0.181. The number of aromatic nitrogens is 1. The average molecular weight is 766 g/mol. The van der Waals surface area contributed by atoms with Crippen molar-refractivity contribution in [3.05, 3.63) is 142 Å². The highest BCUT2D eigenvalue weighted by atomic mass is 19.2. The first-order valence-corrected chi connectivity index (χ1v) is 15.6. The molecular weight excluding hydrogens is 748 g/mol. The summed E-state index contributed by atoms with van der Waals surface area (Å²) in [5.74, 6) is -34.4. The third kappa shape index (κ3) is 5.22. The maximum atomic E-state index is 16.1. The minimum atomic E-state index is -2.66. The lowest BCUT2D eigenvalue weighted by atomic mass is 9.90. The van der Waals surface area contributed by atoms with Crippen LogP contribution in [-0.2, 0) is 6.54 Å². The van der Waals surface area contributed by atoms with Crippen LogP contribution in [0, 0.1) is 88.4 Å². The van der Waals surface area contributed by atoms with Gasteiger partial charge >= 0.3 is 0 Å². The molecule has 15 heteroatoms. The molecule has 0 saturated heterocycles. The Hall–Kier alpha value is -5.86. The summed E-state index contributed by atoms with van der Waals surface area (Å²) in [4.78, 5) is 0. The molecule has 7 rings (SSSR count). The first-order valence-electron chi connectivity index (χ1n) is 15.6. The Balaban J connectivity index is 1.52. The fraction of sp³-hybridized carbons (Fsp3) is 0.0769. The summed E-state index contributed by atoms with van der Waals surface area (Å²) < 4.78 is 210. The number of benzene rings is 6. The van der Waals surface area contributed by atoms with Crippen LogP contribution in [0.3, 0.4) is 0 Å². The molecule has 0 saturated carbocycles. The summed E-state index contributed by atoms with van der Waals surface area (Å²) in [7, 11) is 0. The second-order valence-corrected chi connectivity index (χ2v) is 12.2. The van der Waals surface area contributed by atoms with E-state index in [9.17, 15) is 43.9 Å². The summed E-state index contributed by atoms with van der Waals surface area (Å²) in [6, 6.07) is 10.1. The molecule has 1 aromatic heterocycles. The Morgan fingerprint density at radius 3 is 1.09 bits per heavy atom. The van der Waals surface area contributed by atoms with Crippen molar-refractivity contribution in [2.45, 2.75) is 20.4 Å². The second-order valence-electron chi connectivity index (χ2n) is 12.2. The van der Waals surface area contributed by atoms with Gasteiger partial charge in [-0.25, -0.2) is 61.5 Å². The van der Waals surface area contributed by atoms with Crippen LogP contribution in [0.25, 0.3) is 66.3 Å². The van der Waals surface area contributed by atoms with Crippen molar-refractivity contribution in [3.8, 4) is 44.5 Å². The van der Waals surface area contributed by atoms with E-state index in [1.165, 1.54) is 18.2 Å². The van der Waals surface area contributed by atoms with E-state index in [0.29, 0.717) is 17.4 Å². The van der Waals surface area contributed by atoms with Crippen molar-refractivity contribution in [1.29, 1.82) is 0 Å². The third-order valence-electron chi connectivity index (χ3n) is 9.11. The van der Waals surface area contributed by atoms with E-state index in [2.05, 4.69) is 0 Å². The highest BCUT2D eigenvalue weighted by molar-refractivity contribution is 6.09. The van der Waals surface area contributed by atoms with E-state index < -0.39 is 120 Å². The van der Waals surface area contributed by atoms with Crippen molar-refractivity contribution in [1.82, 2.24) is 4.57 Å². The predicted molar refractivity (Wildman–Crippen MR) is 171 cm³/mol. The van der Waals surface area contributed by atoms with Crippen LogP contribution in [-0.4, -0.2) is 4.57 Å². The van der Waals surface area contributed by atoms with Gasteiger partial charge in [0, 0.05) is 28.4 Å². The van der Waals surface area contributed by atoms with E-state index in [0.717, 1.165) is 16.5 Å². The van der Waals surface area contributed by atoms with Gasteiger partial charge in [0.1, 0.15) is 0 Å². The maximum Gasteiger partial charge on any atom is 0.200 e. The molecular formula is C39H17F14N. The number of halogens is 14. The maximum absolute atomic E-state index is 16.1. The van der Waals surface area contributed by atoms with Gasteiger partial charge in [-0.2, -0.15) is 0 Å². The lowest BCUT2D eigenvalue weighted by molar-refractivity contribution is 0.381. The lowest BCUT2D eigenvalue weighted by Gasteiger charge is -2.17. The van der Waals surface area contributed by atoms with Gasteiger partial charge in [-0.3, -0.25) is 0 Å². The molecule has 0 radical (unpaired) electrons. The summed E-state index contributed by atoms with van der Waals surface area (Å²) in [6.45, 7) is 3.98. The fourth-order valence-corrected chi connectivity index (χ4v) is 6.63. The minimum Gasteiger partial charge on any atom is -0.341 e. The molecule has 276 valence electrons. The van der Waals surface area contributed by atoms with Crippen molar-refractivity contribution in [3.63, 3.8) is 0 Å². The number of nitrogens with zero attached hydrogens (tertiary/aromatic N) is 1. The van der Waals surface area contributed by atoms with Gasteiger partial charge in [-0.15, -0.1) is 0 Å². The summed E-state index contributed by atoms with van der Waals surface area (Å²) in [6.07, 6.45) is 0. The zero-order chi connectivity index (χ0) is 39.2. The molecule has 1 nitrogen and oxygen atoms in total. The first-order chi connectivity index (χ1) is 25.5. The van der Waals surface area contributed by atoms with Crippen LogP contribution in [0.2, 0.25) is 0 Å². The first kappa shape index (κ1) is 36.5. The van der Waals surface area contributed by atoms with E-state index in [-0.39, 0.29) is 23.8 Å². The van der Waals surface area contributed by atoms with E-state index >= 15 is 17.6 Å². The van der Waals surface area contributed by atoms with Crippen LogP contribution in [0.1, 0.15) is 12.5 Å². The van der Waals surface area contributed by atoms with E-state index in [1.807, 2.05) is 25.1 Å². The van der Waals surface area contributed by atoms with E-state index in [1.54, 1.807) is 11.5 Å². The molecule has 7 aromatic rings. The van der Waals surface area contributed by atoms with Crippen molar-refractivity contribution >= 4 is 21.8 Å². The van der Waals surface area contributed by atoms with Crippen LogP contribution in [0.5, 0.6) is 0 Å². The molecule has 0 aliphatic heterocycles. The van der Waals surface area contributed by atoms with Crippen LogP contribution in [0.4, 0.5) is 61.5 Å². The van der Waals surface area contributed by atoms with Gasteiger partial charge in [0.2, 0.25) is 11.6 Å². The molecule has 0 spiro atoms. The number of rotatable bonds is 5. The van der Waals surface area contributed by atoms with Crippen LogP contribution >= 0.6 is 0 Å². The van der Waals surface area contributed by atoms with Crippen molar-refractivity contribution in [2.24, 2.45) is 0 Å². The number of hydrogen-bond donors (Lipinski definition) is 0. The Morgan fingerprint density at radius 1 is 0.352 bits per heavy atom. The summed E-state index contributed by atoms with van der Waals surface area (Å²) in [5.41, 5.74) is -9.00. The monoisotopic (exact) mass is 765 g/mol. The third-order valence-corrected chi connectivity index (χ3v) is 9.11. The van der Waals surface area contributed by atoms with Gasteiger partial charge in [0.25, 0.3) is 0 Å². The molecule has 0 atom stereocenters. The average Bonchev–Trinajstić information content (AvgIpc) is 3.46. The highest BCUT2D eigenvalue weighted by Crippen LogP contribution is 2.44. The largest absolute Gasteiger partial charge is 0.341 e. The lowest BCUT2D eigenvalue weighted by Crippen LogP contribution is -2.07. The topological polar surface area (TPSA) is 4.93 Å². The Morgan fingerprint density at radius 2 is 0.704 bits per heavy atom. The van der Waals surface area contributed by atoms with E-state index in [4.69, 9.17) is 0 Å². The van der Waals surface area contributed by atoms with Crippen molar-refractivity contribution in [2.75, 3.05) is 0 Å². The molecule has 0 bridgehead atoms. The van der Waals surface area contributed by atoms with Gasteiger partial charge in [0.15, 0.2) is 69.8 Å². The molecule has 0 unspecified atom stereocenters. The summed E-state index contributed by atoms with van der Waals surface area (Å²) in [5, 5.41) is 1.40. The van der Waals surface area contributed by atoms with Crippen molar-refractivity contribution < 1.29 is 61.5 Å². The normalized spacial score (nSPS) is 11.8. The fourth-order valence-electron chi connectivity index (χ4n) is 6.63. The smallest absolute Gasteiger partial charge is 0.200 e. The Kier molecular flexibility index (Phi) is 8.73. The molecule has 0 aliphatic rings. The quantitative estimate of drug-likeness (QED) is 0.0934. The zero-order valence-corrected chi connectivity index (χ0v) is 27.1. The Bertz CT molecular complexity index is 2590. The molecule has 0 fully saturated rings. The Labute approximate surface area is 294 Å². The molecule has 54 heavy (non-hydrogen) atoms. The standard InChI is InChI=1S/C39H17F14N/c1-3-54-20-7-4-13(2)8-19(20)18-6-5-14(12-21(18)54)22-26(40)28(42)23(29(43)27(22)41)15-9-16(24-30(44)34(48)38(52)35(49)31(24)45)11-17(10-15)25-32(46)36(50)39(53)37(51)33(25)47/h4-12H,3H2,1-2H3. The molecule has 0 aliphatic carbocycles. The second kappa shape index (κ2) is 12.9. The SMILES string of the molecule is CCn1c2ccc(C)cc2c2ccc(-c3c(F)c(F)c(-c4cc(-c5c(F)c(F)c(F)c(F)c5F)cc(-c5c(F)c(F)c(F)c(F)c5F)c4)c(F)c3F)cc21. The molecule has 0 amide bonds. The van der Waals surface area contributed by atoms with Gasteiger partial charge < -0.3 is 4.57 Å². The number of fused-ring (bicyclic) bond motifs is 3. The van der Waals surface area contributed by atoms with Crippen LogP contribution in [0.15, 0.2) is 54.6 Å². The molecule has 0 N–H and O–H groups in total. The van der Waals surface area contributed by atoms with Gasteiger partial charge in [-0.1, -0.05) is 23.8 Å². The van der Waals surface area contributed by atoms with Crippen LogP contribution < -0.4 is 0 Å². The molecule has 6 aromatic carbocycles. The van der Waals surface area contributed by atoms with Gasteiger partial charge in [0.05, 0.1) is 22.3 Å².